The first-order valence-electron chi connectivity index (χ1n) is 10.2. The van der Waals surface area contributed by atoms with Gasteiger partial charge in [0.2, 0.25) is 6.71 Å². The lowest BCUT2D eigenvalue weighted by molar-refractivity contribution is 1.00. The first-order chi connectivity index (χ1) is 14.0. The van der Waals surface area contributed by atoms with Gasteiger partial charge in [-0.25, -0.2) is 4.98 Å². The summed E-state index contributed by atoms with van der Waals surface area (Å²) in [6.07, 6.45) is 4.55. The fourth-order valence-corrected chi connectivity index (χ4v) is 3.48. The second kappa shape index (κ2) is 9.93. The molecule has 0 radical (unpaired) electrons. The molecule has 0 amide bonds. The zero-order valence-corrected chi connectivity index (χ0v) is 17.8. The summed E-state index contributed by atoms with van der Waals surface area (Å²) in [7, 11) is 0. The third kappa shape index (κ3) is 5.71. The quantitative estimate of drug-likeness (QED) is 0.504. The number of aryl methyl sites for hydroxylation is 3. The number of hydrogen-bond acceptors (Lipinski definition) is 1. The molecule has 3 aromatic carbocycles. The molecule has 4 aromatic rings. The third-order valence-corrected chi connectivity index (χ3v) is 5.42. The number of aromatic amines is 1. The van der Waals surface area contributed by atoms with Gasteiger partial charge in [0.25, 0.3) is 0 Å². The molecule has 3 heteroatoms. The van der Waals surface area contributed by atoms with Gasteiger partial charge in [-0.15, -0.1) is 0 Å². The van der Waals surface area contributed by atoms with Gasteiger partial charge in [-0.3, -0.25) is 0 Å². The van der Waals surface area contributed by atoms with E-state index in [1.807, 2.05) is 6.20 Å². The van der Waals surface area contributed by atoms with Crippen molar-refractivity contribution < 1.29 is 0 Å². The van der Waals surface area contributed by atoms with Crippen LogP contribution in [0.2, 0.25) is 6.82 Å². The summed E-state index contributed by atoms with van der Waals surface area (Å²) in [4.78, 5) is 7.37. The van der Waals surface area contributed by atoms with E-state index in [1.165, 1.54) is 33.2 Å². The van der Waals surface area contributed by atoms with E-state index < -0.39 is 0 Å². The van der Waals surface area contributed by atoms with Gasteiger partial charge >= 0.3 is 0 Å². The molecule has 0 aliphatic carbocycles. The molecule has 1 N–H and O–H groups in total. The van der Waals surface area contributed by atoms with Crippen LogP contribution in [-0.2, 0) is 6.42 Å². The fraction of sp³-hybridized carbons (Fsp3) is 0.192. The monoisotopic (exact) mass is 380 g/mol. The van der Waals surface area contributed by atoms with E-state index in [2.05, 4.69) is 110 Å². The molecule has 0 saturated heterocycles. The number of nitrogens with one attached hydrogen (secondary N) is 1. The van der Waals surface area contributed by atoms with Gasteiger partial charge in [0.05, 0.1) is 0 Å². The van der Waals surface area contributed by atoms with Crippen LogP contribution in [0.1, 0.15) is 28.1 Å². The molecule has 29 heavy (non-hydrogen) atoms. The molecule has 0 unspecified atom stereocenters. The number of imidazole rings is 1. The Bertz CT molecular complexity index is 986. The van der Waals surface area contributed by atoms with E-state index in [-0.39, 0.29) is 0 Å². The topological polar surface area (TPSA) is 28.7 Å². The number of rotatable bonds is 4. The van der Waals surface area contributed by atoms with Gasteiger partial charge < -0.3 is 4.98 Å². The number of H-pyrrole nitrogens is 1. The van der Waals surface area contributed by atoms with Gasteiger partial charge in [-0.1, -0.05) is 96.1 Å². The molecule has 0 bridgehead atoms. The van der Waals surface area contributed by atoms with Crippen LogP contribution in [0.3, 0.4) is 0 Å². The SMILES string of the molecule is CB(c1ccccc1)c1ccc(C)cc1.Cc1cccc(C)c1Cc1ncc[nH]1. The van der Waals surface area contributed by atoms with Crippen molar-refractivity contribution in [3.63, 3.8) is 0 Å². The summed E-state index contributed by atoms with van der Waals surface area (Å²) < 4.78 is 0. The smallest absolute Gasteiger partial charge is 0.206 e. The van der Waals surface area contributed by atoms with E-state index in [1.54, 1.807) is 6.20 Å². The van der Waals surface area contributed by atoms with Crippen LogP contribution < -0.4 is 10.9 Å². The maximum absolute atomic E-state index is 4.24. The minimum atomic E-state index is 0.479. The standard InChI is InChI=1S/C14H15B.C12H14N2/c1-12-8-10-14(11-9-12)15(2)13-6-4-3-5-7-13;1-9-4-3-5-10(2)11(9)8-12-13-6-7-14-12/h3-11H,1-2H3;3-7H,8H2,1-2H3,(H,13,14). The van der Waals surface area contributed by atoms with Crippen molar-refractivity contribution in [3.05, 3.63) is 113 Å². The number of aromatic nitrogens is 2. The van der Waals surface area contributed by atoms with Crippen molar-refractivity contribution in [1.29, 1.82) is 0 Å². The maximum Gasteiger partial charge on any atom is 0.206 e. The molecular weight excluding hydrogens is 351 g/mol. The van der Waals surface area contributed by atoms with Gasteiger partial charge in [0.15, 0.2) is 0 Å². The van der Waals surface area contributed by atoms with Gasteiger partial charge in [0, 0.05) is 18.8 Å². The van der Waals surface area contributed by atoms with E-state index in [4.69, 9.17) is 0 Å². The van der Waals surface area contributed by atoms with Crippen molar-refractivity contribution in [1.82, 2.24) is 9.97 Å². The van der Waals surface area contributed by atoms with Crippen molar-refractivity contribution in [2.24, 2.45) is 0 Å². The summed E-state index contributed by atoms with van der Waals surface area (Å²) in [6, 6.07) is 25.8. The Balaban J connectivity index is 0.000000166. The summed E-state index contributed by atoms with van der Waals surface area (Å²) >= 11 is 0. The van der Waals surface area contributed by atoms with Crippen molar-refractivity contribution >= 4 is 17.6 Å². The predicted molar refractivity (Wildman–Crippen MR) is 126 cm³/mol. The largest absolute Gasteiger partial charge is 0.348 e. The molecule has 1 aromatic heterocycles. The van der Waals surface area contributed by atoms with E-state index in [9.17, 15) is 0 Å². The zero-order valence-electron chi connectivity index (χ0n) is 17.8. The molecule has 4 rings (SSSR count). The molecule has 0 aliphatic rings. The highest BCUT2D eigenvalue weighted by Gasteiger charge is 2.11. The van der Waals surface area contributed by atoms with Crippen molar-refractivity contribution in [2.75, 3.05) is 0 Å². The third-order valence-electron chi connectivity index (χ3n) is 5.42. The van der Waals surface area contributed by atoms with Crippen molar-refractivity contribution in [3.8, 4) is 0 Å². The molecule has 146 valence electrons. The first kappa shape index (κ1) is 20.7. The average molecular weight is 380 g/mol. The number of nitrogens with zero attached hydrogens (tertiary/aromatic N) is 1. The Morgan fingerprint density at radius 3 is 1.97 bits per heavy atom. The highest BCUT2D eigenvalue weighted by atomic mass is 14.9. The van der Waals surface area contributed by atoms with Crippen LogP contribution in [0, 0.1) is 20.8 Å². The Labute approximate surface area is 175 Å². The highest BCUT2D eigenvalue weighted by Crippen LogP contribution is 2.15. The Morgan fingerprint density at radius 1 is 0.759 bits per heavy atom. The summed E-state index contributed by atoms with van der Waals surface area (Å²) in [5.74, 6) is 1.03. The highest BCUT2D eigenvalue weighted by molar-refractivity contribution is 6.84. The summed E-state index contributed by atoms with van der Waals surface area (Å²) in [5, 5.41) is 0. The summed E-state index contributed by atoms with van der Waals surface area (Å²) in [5.41, 5.74) is 8.12. The van der Waals surface area contributed by atoms with E-state index in [0.29, 0.717) is 6.71 Å². The molecular formula is C26H29BN2. The molecule has 0 saturated carbocycles. The molecule has 0 atom stereocenters. The normalized spacial score (nSPS) is 10.2. The van der Waals surface area contributed by atoms with Crippen molar-refractivity contribution in [2.45, 2.75) is 34.0 Å². The number of benzene rings is 3. The van der Waals surface area contributed by atoms with E-state index >= 15 is 0 Å². The van der Waals surface area contributed by atoms with Crippen LogP contribution in [0.25, 0.3) is 0 Å². The second-order valence-electron chi connectivity index (χ2n) is 7.63. The Morgan fingerprint density at radius 2 is 1.38 bits per heavy atom. The predicted octanol–water partition coefficient (Wildman–Crippen LogP) is 4.85. The first-order valence-corrected chi connectivity index (χ1v) is 10.2. The Kier molecular flexibility index (Phi) is 7.07. The molecule has 2 nitrogen and oxygen atoms in total. The van der Waals surface area contributed by atoms with Gasteiger partial charge in [0.1, 0.15) is 5.82 Å². The minimum Gasteiger partial charge on any atom is -0.348 e. The molecule has 0 aliphatic heterocycles. The van der Waals surface area contributed by atoms with Crippen LogP contribution in [0.5, 0.6) is 0 Å². The molecule has 1 heterocycles. The lowest BCUT2D eigenvalue weighted by Crippen LogP contribution is -2.38. The fourth-order valence-electron chi connectivity index (χ4n) is 3.48. The molecule has 0 spiro atoms. The second-order valence-corrected chi connectivity index (χ2v) is 7.63. The summed E-state index contributed by atoms with van der Waals surface area (Å²) in [6.45, 7) is 9.14. The van der Waals surface area contributed by atoms with Gasteiger partial charge in [-0.2, -0.15) is 0 Å². The van der Waals surface area contributed by atoms with E-state index in [0.717, 1.165) is 12.2 Å². The van der Waals surface area contributed by atoms with Crippen LogP contribution in [-0.4, -0.2) is 16.7 Å². The average Bonchev–Trinajstić information content (AvgIpc) is 3.25. The van der Waals surface area contributed by atoms with Crippen LogP contribution in [0.15, 0.2) is 85.2 Å². The zero-order chi connectivity index (χ0) is 20.6. The lowest BCUT2D eigenvalue weighted by atomic mass is 9.42. The minimum absolute atomic E-state index is 0.479. The van der Waals surface area contributed by atoms with Crippen LogP contribution in [0.4, 0.5) is 0 Å². The lowest BCUT2D eigenvalue weighted by Gasteiger charge is -2.08. The number of hydrogen-bond donors (Lipinski definition) is 1. The molecule has 0 fully saturated rings. The maximum atomic E-state index is 4.24. The van der Waals surface area contributed by atoms with Crippen LogP contribution >= 0.6 is 0 Å². The van der Waals surface area contributed by atoms with Gasteiger partial charge in [-0.05, 0) is 37.5 Å². The Hall–Kier alpha value is -3.07.